The van der Waals surface area contributed by atoms with Gasteiger partial charge in [0.1, 0.15) is 0 Å². The van der Waals surface area contributed by atoms with Gasteiger partial charge in [0.15, 0.2) is 0 Å². The average molecular weight is 239 g/mol. The van der Waals surface area contributed by atoms with Gasteiger partial charge in [-0.2, -0.15) is 0 Å². The number of rotatable bonds is 2. The van der Waals surface area contributed by atoms with Crippen LogP contribution in [-0.2, 0) is 4.74 Å². The molecule has 1 fully saturated rings. The van der Waals surface area contributed by atoms with Crippen LogP contribution in [0.15, 0.2) is 29.2 Å². The smallest absolute Gasteiger partial charge is 0.0603 e. The third kappa shape index (κ3) is 4.56. The van der Waals surface area contributed by atoms with Gasteiger partial charge in [0.25, 0.3) is 0 Å². The minimum atomic E-state index is 0.860. The quantitative estimate of drug-likeness (QED) is 0.734. The molecule has 3 heteroatoms. The van der Waals surface area contributed by atoms with Gasteiger partial charge in [-0.3, -0.25) is 0 Å². The first-order valence-corrected chi connectivity index (χ1v) is 6.69. The van der Waals surface area contributed by atoms with Crippen molar-refractivity contribution in [3.63, 3.8) is 0 Å². The monoisotopic (exact) mass is 239 g/mol. The molecule has 1 aromatic carbocycles. The third-order valence-corrected chi connectivity index (χ3v) is 3.33. The lowest BCUT2D eigenvalue weighted by Crippen LogP contribution is -2.30. The van der Waals surface area contributed by atoms with Gasteiger partial charge in [0, 0.05) is 18.0 Å². The largest absolute Gasteiger partial charge is 0.379 e. The summed E-state index contributed by atoms with van der Waals surface area (Å²) in [7, 11) is 0. The van der Waals surface area contributed by atoms with Crippen molar-refractivity contribution < 1.29 is 4.74 Å². The van der Waals surface area contributed by atoms with E-state index in [-0.39, 0.29) is 0 Å². The van der Waals surface area contributed by atoms with E-state index >= 15 is 0 Å². The maximum Gasteiger partial charge on any atom is 0.0603 e. The van der Waals surface area contributed by atoms with Crippen LogP contribution >= 0.6 is 11.9 Å². The summed E-state index contributed by atoms with van der Waals surface area (Å²) in [4.78, 5) is 1.32. The Balaban J connectivity index is 0.000000606. The van der Waals surface area contributed by atoms with Crippen molar-refractivity contribution in [3.8, 4) is 0 Å². The number of aryl methyl sites for hydroxylation is 1. The molecule has 2 nitrogen and oxygen atoms in total. The van der Waals surface area contributed by atoms with Gasteiger partial charge >= 0.3 is 0 Å². The Hall–Kier alpha value is -0.510. The Kier molecular flexibility index (Phi) is 6.53. The first-order chi connectivity index (χ1) is 7.84. The average Bonchev–Trinajstić information content (AvgIpc) is 2.36. The van der Waals surface area contributed by atoms with Gasteiger partial charge in [-0.15, -0.1) is 0 Å². The highest BCUT2D eigenvalue weighted by Gasteiger charge is 2.10. The van der Waals surface area contributed by atoms with E-state index in [1.54, 1.807) is 0 Å². The van der Waals surface area contributed by atoms with E-state index in [2.05, 4.69) is 35.5 Å². The predicted octanol–water partition coefficient (Wildman–Crippen LogP) is 3.36. The Morgan fingerprint density at radius 3 is 2.19 bits per heavy atom. The molecule has 1 heterocycles. The molecule has 0 N–H and O–H groups in total. The Morgan fingerprint density at radius 2 is 1.62 bits per heavy atom. The fourth-order valence-corrected chi connectivity index (χ4v) is 2.27. The van der Waals surface area contributed by atoms with Gasteiger partial charge in [-0.1, -0.05) is 31.5 Å². The first-order valence-electron chi connectivity index (χ1n) is 5.92. The van der Waals surface area contributed by atoms with E-state index in [4.69, 9.17) is 4.74 Å². The van der Waals surface area contributed by atoms with Crippen molar-refractivity contribution in [1.82, 2.24) is 4.31 Å². The van der Waals surface area contributed by atoms with Crippen molar-refractivity contribution in [2.45, 2.75) is 25.7 Å². The summed E-state index contributed by atoms with van der Waals surface area (Å²) in [5, 5.41) is 0. The summed E-state index contributed by atoms with van der Waals surface area (Å²) in [6, 6.07) is 8.66. The van der Waals surface area contributed by atoms with Crippen LogP contribution in [0.3, 0.4) is 0 Å². The maximum absolute atomic E-state index is 5.30. The fourth-order valence-electron chi connectivity index (χ4n) is 1.39. The van der Waals surface area contributed by atoms with Crippen LogP contribution in [0.4, 0.5) is 0 Å². The van der Waals surface area contributed by atoms with Crippen molar-refractivity contribution in [2.75, 3.05) is 26.3 Å². The van der Waals surface area contributed by atoms with Gasteiger partial charge in [0.05, 0.1) is 13.2 Å². The normalized spacial score (nSPS) is 16.4. The summed E-state index contributed by atoms with van der Waals surface area (Å²) in [6.07, 6.45) is 0. The first kappa shape index (κ1) is 13.6. The highest BCUT2D eigenvalue weighted by molar-refractivity contribution is 7.97. The molecule has 0 amide bonds. The second kappa shape index (κ2) is 7.71. The van der Waals surface area contributed by atoms with Crippen LogP contribution in [-0.4, -0.2) is 30.6 Å². The molecule has 0 radical (unpaired) electrons. The van der Waals surface area contributed by atoms with E-state index < -0.39 is 0 Å². The lowest BCUT2D eigenvalue weighted by atomic mass is 10.2. The van der Waals surface area contributed by atoms with E-state index in [0.717, 1.165) is 26.3 Å². The molecule has 1 saturated heterocycles. The molecule has 16 heavy (non-hydrogen) atoms. The molecule has 2 rings (SSSR count). The second-order valence-corrected chi connectivity index (χ2v) is 4.62. The van der Waals surface area contributed by atoms with Crippen molar-refractivity contribution >= 4 is 11.9 Å². The molecule has 0 spiro atoms. The third-order valence-electron chi connectivity index (χ3n) is 2.23. The highest BCUT2D eigenvalue weighted by atomic mass is 32.2. The Bertz CT molecular complexity index is 280. The zero-order valence-corrected chi connectivity index (χ0v) is 11.2. The van der Waals surface area contributed by atoms with Crippen molar-refractivity contribution in [1.29, 1.82) is 0 Å². The van der Waals surface area contributed by atoms with Gasteiger partial charge in [-0.05, 0) is 31.0 Å². The van der Waals surface area contributed by atoms with Crippen LogP contribution in [0.25, 0.3) is 0 Å². The summed E-state index contributed by atoms with van der Waals surface area (Å²) >= 11 is 1.83. The molecule has 0 atom stereocenters. The minimum Gasteiger partial charge on any atom is -0.379 e. The SMILES string of the molecule is CC.Cc1ccc(SN2CCOCC2)cc1. The van der Waals surface area contributed by atoms with Gasteiger partial charge < -0.3 is 4.74 Å². The number of nitrogens with zero attached hydrogens (tertiary/aromatic N) is 1. The molecule has 1 aliphatic heterocycles. The Morgan fingerprint density at radius 1 is 1.06 bits per heavy atom. The molecule has 1 aliphatic rings. The van der Waals surface area contributed by atoms with E-state index in [0.29, 0.717) is 0 Å². The van der Waals surface area contributed by atoms with Crippen LogP contribution in [0.5, 0.6) is 0 Å². The molecule has 0 aliphatic carbocycles. The van der Waals surface area contributed by atoms with Gasteiger partial charge in [0.2, 0.25) is 0 Å². The summed E-state index contributed by atoms with van der Waals surface area (Å²) in [6.45, 7) is 9.89. The number of benzene rings is 1. The number of morpholine rings is 1. The van der Waals surface area contributed by atoms with Crippen LogP contribution < -0.4 is 0 Å². The molecule has 0 bridgehead atoms. The minimum absolute atomic E-state index is 0.860. The lowest BCUT2D eigenvalue weighted by Gasteiger charge is -2.25. The molecular formula is C13H21NOS. The summed E-state index contributed by atoms with van der Waals surface area (Å²) in [5.74, 6) is 0. The zero-order valence-electron chi connectivity index (χ0n) is 10.4. The lowest BCUT2D eigenvalue weighted by molar-refractivity contribution is 0.0773. The molecule has 0 unspecified atom stereocenters. The summed E-state index contributed by atoms with van der Waals surface area (Å²) < 4.78 is 7.66. The second-order valence-electron chi connectivity index (χ2n) is 3.45. The topological polar surface area (TPSA) is 12.5 Å². The van der Waals surface area contributed by atoms with Crippen molar-refractivity contribution in [3.05, 3.63) is 29.8 Å². The van der Waals surface area contributed by atoms with E-state index in [1.165, 1.54) is 10.5 Å². The number of hydrogen-bond acceptors (Lipinski definition) is 3. The molecule has 0 aromatic heterocycles. The number of ether oxygens (including phenoxy) is 1. The van der Waals surface area contributed by atoms with Crippen LogP contribution in [0.1, 0.15) is 19.4 Å². The summed E-state index contributed by atoms with van der Waals surface area (Å²) in [5.41, 5.74) is 1.32. The fraction of sp³-hybridized carbons (Fsp3) is 0.538. The van der Waals surface area contributed by atoms with E-state index in [9.17, 15) is 0 Å². The highest BCUT2D eigenvalue weighted by Crippen LogP contribution is 2.23. The molecule has 0 saturated carbocycles. The van der Waals surface area contributed by atoms with Crippen molar-refractivity contribution in [2.24, 2.45) is 0 Å². The van der Waals surface area contributed by atoms with Crippen LogP contribution in [0, 0.1) is 6.92 Å². The maximum atomic E-state index is 5.30. The van der Waals surface area contributed by atoms with E-state index in [1.807, 2.05) is 25.8 Å². The molecule has 90 valence electrons. The predicted molar refractivity (Wildman–Crippen MR) is 70.8 cm³/mol. The number of hydrogen-bond donors (Lipinski definition) is 0. The standard InChI is InChI=1S/C11H15NOS.C2H6/c1-10-2-4-11(5-3-10)14-12-6-8-13-9-7-12;1-2/h2-5H,6-9H2,1H3;1-2H3. The zero-order chi connectivity index (χ0) is 11.8. The van der Waals surface area contributed by atoms with Crippen LogP contribution in [0.2, 0.25) is 0 Å². The Labute approximate surface area is 103 Å². The molecular weight excluding hydrogens is 218 g/mol. The van der Waals surface area contributed by atoms with Gasteiger partial charge in [-0.25, -0.2) is 4.31 Å². The molecule has 1 aromatic rings.